The highest BCUT2D eigenvalue weighted by atomic mass is 32.1. The van der Waals surface area contributed by atoms with E-state index in [1.54, 1.807) is 6.07 Å². The van der Waals surface area contributed by atoms with Gasteiger partial charge in [-0.05, 0) is 50.8 Å². The fourth-order valence-corrected chi connectivity index (χ4v) is 4.58. The number of hydrogen-bond acceptors (Lipinski definition) is 7. The van der Waals surface area contributed by atoms with Crippen molar-refractivity contribution < 1.29 is 14.7 Å². The minimum absolute atomic E-state index is 0.182. The summed E-state index contributed by atoms with van der Waals surface area (Å²) in [5.74, 6) is 0.649. The molecule has 156 valence electrons. The molecule has 29 heavy (non-hydrogen) atoms. The molecule has 0 radical (unpaired) electrons. The van der Waals surface area contributed by atoms with Crippen molar-refractivity contribution in [3.8, 4) is 0 Å². The highest BCUT2D eigenvalue weighted by Gasteiger charge is 2.31. The third-order valence-corrected chi connectivity index (χ3v) is 6.56. The number of carboxylic acid groups (broad SMARTS) is 1. The van der Waals surface area contributed by atoms with Crippen LogP contribution in [0.25, 0.3) is 0 Å². The topological polar surface area (TPSA) is 130 Å². The summed E-state index contributed by atoms with van der Waals surface area (Å²) >= 11 is 1.40. The number of carboxylic acids is 1. The fraction of sp³-hybridized carbons (Fsp3) is 0.500. The Labute approximate surface area is 173 Å². The molecule has 3 atom stereocenters. The van der Waals surface area contributed by atoms with Crippen molar-refractivity contribution in [2.45, 2.75) is 51.0 Å². The Morgan fingerprint density at radius 1 is 1.41 bits per heavy atom. The summed E-state index contributed by atoms with van der Waals surface area (Å²) in [6, 6.07) is 2.81. The van der Waals surface area contributed by atoms with E-state index >= 15 is 0 Å². The number of nitrogens with one attached hydrogen (secondary N) is 2. The van der Waals surface area contributed by atoms with Crippen LogP contribution in [0.5, 0.6) is 0 Å². The lowest BCUT2D eigenvalue weighted by Gasteiger charge is -2.17. The number of fused-ring (bicyclic) bond motifs is 1. The van der Waals surface area contributed by atoms with Gasteiger partial charge < -0.3 is 21.5 Å². The van der Waals surface area contributed by atoms with E-state index in [-0.39, 0.29) is 17.7 Å². The van der Waals surface area contributed by atoms with Gasteiger partial charge in [0, 0.05) is 29.1 Å². The summed E-state index contributed by atoms with van der Waals surface area (Å²) in [6.45, 7) is 5.28. The number of unbranched alkanes of at least 4 members (excludes halogenated alkanes) is 1. The zero-order valence-electron chi connectivity index (χ0n) is 16.6. The van der Waals surface area contributed by atoms with Gasteiger partial charge in [0.2, 0.25) is 0 Å². The molecule has 0 saturated carbocycles. The van der Waals surface area contributed by atoms with Crippen LogP contribution in [-0.4, -0.2) is 46.1 Å². The Morgan fingerprint density at radius 3 is 2.93 bits per heavy atom. The zero-order valence-corrected chi connectivity index (χ0v) is 17.5. The molecule has 8 nitrogen and oxygen atoms in total. The van der Waals surface area contributed by atoms with Crippen LogP contribution in [0.4, 0.5) is 5.82 Å². The Bertz CT molecular complexity index is 885. The summed E-state index contributed by atoms with van der Waals surface area (Å²) in [7, 11) is 0. The second-order valence-corrected chi connectivity index (χ2v) is 8.46. The Hall–Kier alpha value is -2.52. The van der Waals surface area contributed by atoms with Gasteiger partial charge >= 0.3 is 5.97 Å². The van der Waals surface area contributed by atoms with Gasteiger partial charge in [0.1, 0.15) is 17.7 Å². The molecule has 0 saturated heterocycles. The van der Waals surface area contributed by atoms with Gasteiger partial charge in [-0.2, -0.15) is 0 Å². The highest BCUT2D eigenvalue weighted by molar-refractivity contribution is 7.14. The number of carbonyl (C=O) groups is 2. The average Bonchev–Trinajstić information content (AvgIpc) is 3.33. The largest absolute Gasteiger partial charge is 0.480 e. The molecule has 3 rings (SSSR count). The summed E-state index contributed by atoms with van der Waals surface area (Å²) in [5.41, 5.74) is 6.55. The van der Waals surface area contributed by atoms with Crippen molar-refractivity contribution in [2.24, 2.45) is 5.73 Å². The standard InChI is InChI=1S/C20H27N5O3S/c1-11(13-9-23-18-14(13)10-22-12(2)24-18)16-6-7-17(29-16)19(26)25-15(20(27)28)5-3-4-8-21/h6-7,10-11,13,15H,3-5,8-9,21H2,1-2H3,(H,25,26)(H,27,28)(H,22,23,24)/t11?,13?,15-/m0/s1. The second-order valence-electron chi connectivity index (χ2n) is 7.35. The van der Waals surface area contributed by atoms with Crippen LogP contribution in [0.3, 0.4) is 0 Å². The molecule has 5 N–H and O–H groups in total. The number of aromatic nitrogens is 2. The normalized spacial score (nSPS) is 17.3. The molecule has 0 aliphatic carbocycles. The number of aliphatic carboxylic acids is 1. The Balaban J connectivity index is 1.67. The highest BCUT2D eigenvalue weighted by Crippen LogP contribution is 2.41. The van der Waals surface area contributed by atoms with E-state index in [2.05, 4.69) is 27.5 Å². The van der Waals surface area contributed by atoms with E-state index < -0.39 is 12.0 Å². The number of aryl methyl sites for hydroxylation is 1. The second kappa shape index (κ2) is 9.32. The molecule has 2 aromatic heterocycles. The molecule has 1 aliphatic rings. The minimum atomic E-state index is -1.02. The zero-order chi connectivity index (χ0) is 21.0. The number of hydrogen-bond donors (Lipinski definition) is 4. The van der Waals surface area contributed by atoms with E-state index in [4.69, 9.17) is 5.73 Å². The van der Waals surface area contributed by atoms with Gasteiger partial charge in [0.25, 0.3) is 5.91 Å². The molecule has 0 aromatic carbocycles. The molecule has 0 fully saturated rings. The lowest BCUT2D eigenvalue weighted by molar-refractivity contribution is -0.139. The number of rotatable bonds is 9. The van der Waals surface area contributed by atoms with E-state index in [0.717, 1.165) is 35.0 Å². The van der Waals surface area contributed by atoms with Gasteiger partial charge in [-0.15, -0.1) is 11.3 Å². The van der Waals surface area contributed by atoms with E-state index in [0.29, 0.717) is 24.3 Å². The van der Waals surface area contributed by atoms with E-state index in [9.17, 15) is 14.7 Å². The quantitative estimate of drug-likeness (QED) is 0.461. The maximum absolute atomic E-state index is 12.6. The molecule has 2 aromatic rings. The van der Waals surface area contributed by atoms with Crippen LogP contribution in [0.15, 0.2) is 18.3 Å². The third kappa shape index (κ3) is 4.91. The summed E-state index contributed by atoms with van der Waals surface area (Å²) in [4.78, 5) is 34.3. The van der Waals surface area contributed by atoms with E-state index in [1.165, 1.54) is 11.3 Å². The van der Waals surface area contributed by atoms with Gasteiger partial charge in [-0.25, -0.2) is 14.8 Å². The summed E-state index contributed by atoms with van der Waals surface area (Å²) in [5, 5.41) is 15.3. The SMILES string of the molecule is Cc1ncc2c(n1)NCC2C(C)c1ccc(C(=O)N[C@@H](CCCCN)C(=O)O)s1. The lowest BCUT2D eigenvalue weighted by Crippen LogP contribution is -2.40. The summed E-state index contributed by atoms with van der Waals surface area (Å²) < 4.78 is 0. The van der Waals surface area contributed by atoms with Crippen LogP contribution < -0.4 is 16.4 Å². The van der Waals surface area contributed by atoms with Crippen LogP contribution in [-0.2, 0) is 4.79 Å². The van der Waals surface area contributed by atoms with E-state index in [1.807, 2.05) is 19.2 Å². The monoisotopic (exact) mass is 417 g/mol. The first kappa shape index (κ1) is 21.2. The third-order valence-electron chi connectivity index (χ3n) is 5.28. The van der Waals surface area contributed by atoms with Crippen molar-refractivity contribution in [1.82, 2.24) is 15.3 Å². The molecule has 3 heterocycles. The van der Waals surface area contributed by atoms with Crippen molar-refractivity contribution >= 4 is 29.0 Å². The average molecular weight is 418 g/mol. The van der Waals surface area contributed by atoms with Crippen LogP contribution >= 0.6 is 11.3 Å². The predicted molar refractivity (Wildman–Crippen MR) is 113 cm³/mol. The minimum Gasteiger partial charge on any atom is -0.480 e. The number of carbonyl (C=O) groups excluding carboxylic acids is 1. The molecule has 1 amide bonds. The number of amides is 1. The molecule has 2 unspecified atom stereocenters. The maximum Gasteiger partial charge on any atom is 0.326 e. The Kier molecular flexibility index (Phi) is 6.81. The first-order valence-corrected chi connectivity index (χ1v) is 10.6. The smallest absolute Gasteiger partial charge is 0.326 e. The molecule has 1 aliphatic heterocycles. The van der Waals surface area contributed by atoms with Gasteiger partial charge in [-0.1, -0.05) is 6.92 Å². The first-order chi connectivity index (χ1) is 13.9. The number of thiophene rings is 1. The van der Waals surface area contributed by atoms with Gasteiger partial charge in [0.15, 0.2) is 0 Å². The van der Waals surface area contributed by atoms with Crippen molar-refractivity contribution in [1.29, 1.82) is 0 Å². The summed E-state index contributed by atoms with van der Waals surface area (Å²) in [6.07, 6.45) is 3.65. The maximum atomic E-state index is 12.6. The molecular formula is C20H27N5O3S. The number of nitrogens with two attached hydrogens (primary N) is 1. The molecule has 0 spiro atoms. The van der Waals surface area contributed by atoms with Crippen molar-refractivity contribution in [2.75, 3.05) is 18.4 Å². The fourth-order valence-electron chi connectivity index (χ4n) is 3.55. The molecular weight excluding hydrogens is 390 g/mol. The predicted octanol–water partition coefficient (Wildman–Crippen LogP) is 2.47. The van der Waals surface area contributed by atoms with Gasteiger partial charge in [-0.3, -0.25) is 4.79 Å². The van der Waals surface area contributed by atoms with Crippen LogP contribution in [0.1, 0.15) is 64.0 Å². The van der Waals surface area contributed by atoms with Gasteiger partial charge in [0.05, 0.1) is 4.88 Å². The lowest BCUT2D eigenvalue weighted by atomic mass is 9.89. The van der Waals surface area contributed by atoms with Crippen LogP contribution in [0, 0.1) is 6.92 Å². The molecule has 9 heteroatoms. The number of anilines is 1. The number of nitrogens with zero attached hydrogens (tertiary/aromatic N) is 2. The first-order valence-electron chi connectivity index (χ1n) is 9.81. The molecule has 0 bridgehead atoms. The van der Waals surface area contributed by atoms with Crippen molar-refractivity contribution in [3.63, 3.8) is 0 Å². The van der Waals surface area contributed by atoms with Crippen molar-refractivity contribution in [3.05, 3.63) is 39.5 Å². The Morgan fingerprint density at radius 2 is 2.21 bits per heavy atom. The van der Waals surface area contributed by atoms with Crippen LogP contribution in [0.2, 0.25) is 0 Å².